The molecule has 9 heteroatoms. The van der Waals surface area contributed by atoms with Crippen LogP contribution >= 0.6 is 34.8 Å². The predicted octanol–water partition coefficient (Wildman–Crippen LogP) is 8.37. The number of phenols is 1. The molecule has 0 fully saturated rings. The van der Waals surface area contributed by atoms with Crippen LogP contribution in [-0.2, 0) is 15.1 Å². The number of esters is 1. The molecule has 2 aliphatic heterocycles. The van der Waals surface area contributed by atoms with E-state index >= 15 is 0 Å². The van der Waals surface area contributed by atoms with Crippen molar-refractivity contribution in [3.8, 4) is 11.5 Å². The first-order chi connectivity index (χ1) is 20.0. The molecular formula is C33H27Cl3O6. The van der Waals surface area contributed by atoms with Gasteiger partial charge < -0.3 is 19.7 Å². The number of benzene rings is 3. The van der Waals surface area contributed by atoms with E-state index < -0.39 is 23.6 Å². The highest BCUT2D eigenvalue weighted by molar-refractivity contribution is 6.42. The van der Waals surface area contributed by atoms with E-state index in [9.17, 15) is 19.8 Å². The molecule has 3 aromatic rings. The molecule has 42 heavy (non-hydrogen) atoms. The molecular weight excluding hydrogens is 599 g/mol. The molecule has 0 radical (unpaired) electrons. The van der Waals surface area contributed by atoms with Crippen LogP contribution < -0.4 is 4.74 Å². The standard InChI is InChI=1S/C33H27Cl3O6/c1-15(2)26(37)10-9-18-11-21-31(27(29(18)39)17-7-5-4-6-8-17)41-30-16(3)28(38)25(36)14-22(30)33(21)20-13-24(35)23(34)12-19(20)32(40)42-33/h4-8,11-15,21,31,38-39H,9-10H2,1-3H3. The molecule has 0 bridgehead atoms. The molecule has 0 aromatic heterocycles. The fourth-order valence-corrected chi connectivity index (χ4v) is 6.79. The van der Waals surface area contributed by atoms with Crippen LogP contribution in [0, 0.1) is 18.8 Å². The molecule has 1 spiro atoms. The topological polar surface area (TPSA) is 93.1 Å². The maximum atomic E-state index is 13.5. The SMILES string of the molecule is Cc1c(O)c(Cl)cc2c1OC1C(c3ccccc3)=C(O)C(CCC(=O)C(C)C)=CC1C21OC(=O)c2cc(Cl)c(Cl)cc21. The lowest BCUT2D eigenvalue weighted by Crippen LogP contribution is -2.50. The summed E-state index contributed by atoms with van der Waals surface area (Å²) in [6, 6.07) is 13.9. The molecule has 0 amide bonds. The summed E-state index contributed by atoms with van der Waals surface area (Å²) in [6.45, 7) is 5.34. The number of Topliss-reactive ketones (excluding diaryl/α,β-unsaturated/α-hetero) is 1. The maximum Gasteiger partial charge on any atom is 0.339 e. The van der Waals surface area contributed by atoms with Crippen molar-refractivity contribution < 1.29 is 29.3 Å². The molecule has 0 saturated carbocycles. The van der Waals surface area contributed by atoms with Gasteiger partial charge in [-0.1, -0.05) is 85.1 Å². The minimum Gasteiger partial charge on any atom is -0.507 e. The fraction of sp³-hybridized carbons (Fsp3) is 0.273. The smallest absolute Gasteiger partial charge is 0.339 e. The normalized spacial score (nSPS) is 22.4. The third-order valence-corrected chi connectivity index (χ3v) is 9.42. The number of hydrogen-bond acceptors (Lipinski definition) is 6. The number of hydrogen-bond donors (Lipinski definition) is 2. The number of ether oxygens (including phenoxy) is 2. The Balaban J connectivity index is 1.67. The van der Waals surface area contributed by atoms with Crippen molar-refractivity contribution in [3.05, 3.63) is 109 Å². The molecule has 3 unspecified atom stereocenters. The van der Waals surface area contributed by atoms with Gasteiger partial charge in [-0.05, 0) is 42.7 Å². The summed E-state index contributed by atoms with van der Waals surface area (Å²) in [7, 11) is 0. The Hall–Kier alpha value is -3.45. The van der Waals surface area contributed by atoms with Gasteiger partial charge in [0.05, 0.1) is 26.5 Å². The van der Waals surface area contributed by atoms with Crippen LogP contribution in [0.4, 0.5) is 0 Å². The summed E-state index contributed by atoms with van der Waals surface area (Å²) >= 11 is 19.4. The molecule has 3 aromatic carbocycles. The van der Waals surface area contributed by atoms with Gasteiger partial charge in [0.15, 0.2) is 5.60 Å². The summed E-state index contributed by atoms with van der Waals surface area (Å²) in [4.78, 5) is 26.2. The molecule has 0 saturated heterocycles. The number of halogens is 3. The van der Waals surface area contributed by atoms with Gasteiger partial charge in [-0.2, -0.15) is 0 Å². The molecule has 216 valence electrons. The van der Waals surface area contributed by atoms with E-state index in [4.69, 9.17) is 44.3 Å². The maximum absolute atomic E-state index is 13.5. The van der Waals surface area contributed by atoms with Crippen LogP contribution in [0.5, 0.6) is 11.5 Å². The van der Waals surface area contributed by atoms with Gasteiger partial charge in [-0.25, -0.2) is 4.79 Å². The molecule has 3 aliphatic rings. The zero-order chi connectivity index (χ0) is 30.1. The van der Waals surface area contributed by atoms with Crippen molar-refractivity contribution in [2.24, 2.45) is 11.8 Å². The Morgan fingerprint density at radius 1 is 1.00 bits per heavy atom. The number of allylic oxidation sites excluding steroid dienone is 1. The predicted molar refractivity (Wildman–Crippen MR) is 162 cm³/mol. The van der Waals surface area contributed by atoms with Crippen LogP contribution in [-0.4, -0.2) is 28.1 Å². The van der Waals surface area contributed by atoms with Crippen molar-refractivity contribution in [1.82, 2.24) is 0 Å². The van der Waals surface area contributed by atoms with Gasteiger partial charge in [0.2, 0.25) is 0 Å². The van der Waals surface area contributed by atoms with Gasteiger partial charge in [0.1, 0.15) is 29.1 Å². The Morgan fingerprint density at radius 3 is 2.36 bits per heavy atom. The third kappa shape index (κ3) is 4.23. The highest BCUT2D eigenvalue weighted by Gasteiger charge is 2.61. The summed E-state index contributed by atoms with van der Waals surface area (Å²) in [5.41, 5.74) is 1.67. The van der Waals surface area contributed by atoms with E-state index in [-0.39, 0.29) is 62.4 Å². The third-order valence-electron chi connectivity index (χ3n) is 8.41. The molecule has 2 N–H and O–H groups in total. The van der Waals surface area contributed by atoms with Crippen molar-refractivity contribution in [2.75, 3.05) is 0 Å². The average molecular weight is 626 g/mol. The van der Waals surface area contributed by atoms with E-state index in [0.717, 1.165) is 0 Å². The quantitative estimate of drug-likeness (QED) is 0.277. The Morgan fingerprint density at radius 2 is 1.67 bits per heavy atom. The largest absolute Gasteiger partial charge is 0.507 e. The lowest BCUT2D eigenvalue weighted by atomic mass is 9.66. The first kappa shape index (κ1) is 28.7. The van der Waals surface area contributed by atoms with Crippen LogP contribution in [0.2, 0.25) is 15.1 Å². The summed E-state index contributed by atoms with van der Waals surface area (Å²) < 4.78 is 13.0. The molecule has 2 heterocycles. The summed E-state index contributed by atoms with van der Waals surface area (Å²) in [6.07, 6.45) is 1.44. The Kier molecular flexibility index (Phi) is 7.08. The lowest BCUT2D eigenvalue weighted by molar-refractivity contribution is -0.121. The average Bonchev–Trinajstić information content (AvgIpc) is 3.23. The molecule has 3 atom stereocenters. The van der Waals surface area contributed by atoms with E-state index in [1.54, 1.807) is 13.0 Å². The van der Waals surface area contributed by atoms with Crippen LogP contribution in [0.3, 0.4) is 0 Å². The van der Waals surface area contributed by atoms with Crippen molar-refractivity contribution >= 4 is 52.1 Å². The van der Waals surface area contributed by atoms with Gasteiger partial charge in [-0.3, -0.25) is 4.79 Å². The Labute approximate surface area is 258 Å². The number of aliphatic hydroxyl groups is 1. The number of aliphatic hydroxyl groups excluding tert-OH is 1. The lowest BCUT2D eigenvalue weighted by Gasteiger charge is -2.48. The van der Waals surface area contributed by atoms with Gasteiger partial charge >= 0.3 is 5.97 Å². The van der Waals surface area contributed by atoms with Crippen molar-refractivity contribution in [2.45, 2.75) is 45.3 Å². The second-order valence-electron chi connectivity index (χ2n) is 11.2. The number of rotatable bonds is 5. The minimum atomic E-state index is -1.50. The van der Waals surface area contributed by atoms with E-state index in [0.29, 0.717) is 33.4 Å². The van der Waals surface area contributed by atoms with Gasteiger partial charge in [-0.15, -0.1) is 0 Å². The Bertz CT molecular complexity index is 1730. The number of aromatic hydroxyl groups is 1. The molecule has 6 rings (SSSR count). The highest BCUT2D eigenvalue weighted by atomic mass is 35.5. The first-order valence-corrected chi connectivity index (χ1v) is 14.7. The molecule has 6 nitrogen and oxygen atoms in total. The number of phenolic OH excluding ortho intramolecular Hbond substituents is 1. The van der Waals surface area contributed by atoms with Crippen LogP contribution in [0.15, 0.2) is 65.9 Å². The second-order valence-corrected chi connectivity index (χ2v) is 12.4. The van der Waals surface area contributed by atoms with E-state index in [2.05, 4.69) is 0 Å². The zero-order valence-electron chi connectivity index (χ0n) is 23.0. The van der Waals surface area contributed by atoms with Crippen LogP contribution in [0.25, 0.3) is 5.57 Å². The summed E-state index contributed by atoms with van der Waals surface area (Å²) in [5, 5.41) is 23.0. The van der Waals surface area contributed by atoms with Crippen molar-refractivity contribution in [3.63, 3.8) is 0 Å². The van der Waals surface area contributed by atoms with E-state index in [1.165, 1.54) is 12.1 Å². The second kappa shape index (κ2) is 10.4. The van der Waals surface area contributed by atoms with Gasteiger partial charge in [0, 0.05) is 34.6 Å². The fourth-order valence-electron chi connectivity index (χ4n) is 6.21. The van der Waals surface area contributed by atoms with Crippen molar-refractivity contribution in [1.29, 1.82) is 0 Å². The number of fused-ring (bicyclic) bond motifs is 6. The highest BCUT2D eigenvalue weighted by Crippen LogP contribution is 2.61. The number of ketones is 1. The van der Waals surface area contributed by atoms with Crippen LogP contribution in [0.1, 0.15) is 59.3 Å². The zero-order valence-corrected chi connectivity index (χ0v) is 25.3. The van der Waals surface area contributed by atoms with Gasteiger partial charge in [0.25, 0.3) is 0 Å². The number of carbonyl (C=O) groups is 2. The number of carbonyl (C=O) groups excluding carboxylic acids is 2. The van der Waals surface area contributed by atoms with E-state index in [1.807, 2.05) is 50.3 Å². The molecule has 1 aliphatic carbocycles. The first-order valence-electron chi connectivity index (χ1n) is 13.6. The minimum absolute atomic E-state index is 0.00729. The summed E-state index contributed by atoms with van der Waals surface area (Å²) in [5.74, 6) is -1.33. The monoisotopic (exact) mass is 624 g/mol.